The largest absolute Gasteiger partial charge is 0.324 e. The molecule has 2 N–H and O–H groups in total. The van der Waals surface area contributed by atoms with Crippen molar-refractivity contribution in [3.63, 3.8) is 0 Å². The van der Waals surface area contributed by atoms with E-state index in [1.54, 1.807) is 0 Å². The molecule has 1 aromatic heterocycles. The molecule has 1 heterocycles. The highest BCUT2D eigenvalue weighted by Crippen LogP contribution is 2.50. The monoisotopic (exact) mass is 349 g/mol. The minimum atomic E-state index is -0.163. The summed E-state index contributed by atoms with van der Waals surface area (Å²) >= 11 is 12.8. The second kappa shape index (κ2) is 6.56. The zero-order valence-electron chi connectivity index (χ0n) is 12.6. The molecule has 1 saturated carbocycles. The Morgan fingerprint density at radius 2 is 1.78 bits per heavy atom. The predicted molar refractivity (Wildman–Crippen MR) is 91.1 cm³/mol. The smallest absolute Gasteiger partial charge is 0.179 e. The zero-order valence-corrected chi connectivity index (χ0v) is 14.1. The molecule has 1 aliphatic rings. The number of benzene rings is 1. The van der Waals surface area contributed by atoms with E-state index in [9.17, 15) is 4.79 Å². The van der Waals surface area contributed by atoms with Crippen LogP contribution in [0.5, 0.6) is 0 Å². The van der Waals surface area contributed by atoms with E-state index in [2.05, 4.69) is 9.97 Å². The number of halogens is 2. The van der Waals surface area contributed by atoms with Crippen LogP contribution in [0.25, 0.3) is 0 Å². The predicted octanol–water partition coefficient (Wildman–Crippen LogP) is 3.59. The van der Waals surface area contributed by atoms with Crippen LogP contribution in [0.3, 0.4) is 0 Å². The highest BCUT2D eigenvalue weighted by molar-refractivity contribution is 6.36. The third kappa shape index (κ3) is 3.11. The van der Waals surface area contributed by atoms with Crippen LogP contribution < -0.4 is 5.73 Å². The van der Waals surface area contributed by atoms with Crippen LogP contribution in [-0.4, -0.2) is 22.3 Å². The molecule has 23 heavy (non-hydrogen) atoms. The maximum absolute atomic E-state index is 11.5. The van der Waals surface area contributed by atoms with Crippen molar-refractivity contribution < 1.29 is 4.79 Å². The molecule has 6 heteroatoms. The number of carbonyl (C=O) groups excluding carboxylic acids is 1. The quantitative estimate of drug-likeness (QED) is 0.837. The second-order valence-corrected chi connectivity index (χ2v) is 6.74. The van der Waals surface area contributed by atoms with Crippen molar-refractivity contribution >= 4 is 29.0 Å². The van der Waals surface area contributed by atoms with Gasteiger partial charge in [0.25, 0.3) is 0 Å². The van der Waals surface area contributed by atoms with Gasteiger partial charge in [-0.15, -0.1) is 0 Å². The number of hydrogen-bond donors (Lipinski definition) is 1. The Balaban J connectivity index is 1.89. The van der Waals surface area contributed by atoms with Crippen molar-refractivity contribution in [3.05, 3.63) is 57.6 Å². The number of aromatic nitrogens is 2. The molecule has 0 saturated heterocycles. The van der Waals surface area contributed by atoms with Gasteiger partial charge in [0.1, 0.15) is 5.82 Å². The fourth-order valence-corrected chi connectivity index (χ4v) is 3.93. The van der Waals surface area contributed by atoms with E-state index in [4.69, 9.17) is 28.9 Å². The highest BCUT2D eigenvalue weighted by Gasteiger charge is 2.42. The summed E-state index contributed by atoms with van der Waals surface area (Å²) in [6.45, 7) is -0.0398. The van der Waals surface area contributed by atoms with Crippen molar-refractivity contribution in [3.8, 4) is 0 Å². The van der Waals surface area contributed by atoms with E-state index in [1.807, 2.05) is 18.2 Å². The van der Waals surface area contributed by atoms with E-state index >= 15 is 0 Å². The van der Waals surface area contributed by atoms with Crippen molar-refractivity contribution in [2.24, 2.45) is 5.73 Å². The van der Waals surface area contributed by atoms with Crippen LogP contribution in [0.1, 0.15) is 41.0 Å². The van der Waals surface area contributed by atoms with Gasteiger partial charge in [-0.25, -0.2) is 9.97 Å². The first-order valence-electron chi connectivity index (χ1n) is 7.54. The summed E-state index contributed by atoms with van der Waals surface area (Å²) in [7, 11) is 0. The molecular weight excluding hydrogens is 333 g/mol. The van der Waals surface area contributed by atoms with Gasteiger partial charge in [0.15, 0.2) is 5.78 Å². The molecule has 0 atom stereocenters. The molecule has 120 valence electrons. The lowest BCUT2D eigenvalue weighted by Crippen LogP contribution is -2.37. The van der Waals surface area contributed by atoms with Crippen LogP contribution in [0.4, 0.5) is 0 Å². The first kappa shape index (κ1) is 16.4. The fourth-order valence-electron chi connectivity index (χ4n) is 3.13. The molecule has 2 aromatic rings. The molecule has 0 unspecified atom stereocenters. The summed E-state index contributed by atoms with van der Waals surface area (Å²) in [6, 6.07) is 5.59. The van der Waals surface area contributed by atoms with E-state index in [0.29, 0.717) is 27.9 Å². The Morgan fingerprint density at radius 3 is 2.26 bits per heavy atom. The van der Waals surface area contributed by atoms with Crippen molar-refractivity contribution in [2.75, 3.05) is 6.54 Å². The Morgan fingerprint density at radius 1 is 1.17 bits per heavy atom. The van der Waals surface area contributed by atoms with Crippen molar-refractivity contribution in [2.45, 2.75) is 31.1 Å². The molecule has 1 fully saturated rings. The number of nitrogens with two attached hydrogens (primary N) is 1. The van der Waals surface area contributed by atoms with Gasteiger partial charge in [-0.05, 0) is 30.5 Å². The Bertz CT molecular complexity index is 707. The van der Waals surface area contributed by atoms with Crippen LogP contribution in [0, 0.1) is 0 Å². The van der Waals surface area contributed by atoms with Gasteiger partial charge < -0.3 is 5.73 Å². The van der Waals surface area contributed by atoms with Gasteiger partial charge in [0, 0.05) is 34.3 Å². The van der Waals surface area contributed by atoms with E-state index in [-0.39, 0.29) is 17.7 Å². The second-order valence-electron chi connectivity index (χ2n) is 5.92. The Kier molecular flexibility index (Phi) is 4.67. The molecule has 3 rings (SSSR count). The lowest BCUT2D eigenvalue weighted by Gasteiger charge is -2.43. The van der Waals surface area contributed by atoms with Gasteiger partial charge in [-0.3, -0.25) is 4.79 Å². The zero-order chi connectivity index (χ0) is 16.4. The third-order valence-electron chi connectivity index (χ3n) is 4.51. The van der Waals surface area contributed by atoms with Gasteiger partial charge >= 0.3 is 0 Å². The number of rotatable bonds is 5. The minimum Gasteiger partial charge on any atom is -0.324 e. The number of Topliss-reactive ketones (excluding diaryl/α,β-unsaturated/α-hetero) is 1. The van der Waals surface area contributed by atoms with Gasteiger partial charge in [0.05, 0.1) is 12.1 Å². The lowest BCUT2D eigenvalue weighted by molar-refractivity contribution is 0.100. The maximum atomic E-state index is 11.5. The van der Waals surface area contributed by atoms with Gasteiger partial charge in [-0.2, -0.15) is 0 Å². The molecule has 0 bridgehead atoms. The standard InChI is InChI=1S/C17H17Cl2N3O/c18-12-3-1-4-13(19)16(12)17(5-2-6-17)7-15-21-9-11(10-22-15)14(23)8-20/h1,3-4,9-10H,2,5-8,20H2. The van der Waals surface area contributed by atoms with Crippen LogP contribution in [0.15, 0.2) is 30.6 Å². The average molecular weight is 350 g/mol. The van der Waals surface area contributed by atoms with Crippen LogP contribution in [0.2, 0.25) is 10.0 Å². The number of carbonyl (C=O) groups is 1. The van der Waals surface area contributed by atoms with Crippen molar-refractivity contribution in [1.82, 2.24) is 9.97 Å². The van der Waals surface area contributed by atoms with Gasteiger partial charge in [0.2, 0.25) is 0 Å². The summed E-state index contributed by atoms with van der Waals surface area (Å²) in [6.07, 6.45) is 6.88. The first-order valence-corrected chi connectivity index (χ1v) is 8.30. The molecule has 0 spiro atoms. The topological polar surface area (TPSA) is 68.9 Å². The summed E-state index contributed by atoms with van der Waals surface area (Å²) in [5.74, 6) is 0.526. The van der Waals surface area contributed by atoms with Crippen LogP contribution in [-0.2, 0) is 11.8 Å². The molecule has 4 nitrogen and oxygen atoms in total. The summed E-state index contributed by atoms with van der Waals surface area (Å²) in [5.41, 5.74) is 6.66. The fraction of sp³-hybridized carbons (Fsp3) is 0.353. The Hall–Kier alpha value is -1.49. The highest BCUT2D eigenvalue weighted by atomic mass is 35.5. The average Bonchev–Trinajstić information content (AvgIpc) is 2.52. The van der Waals surface area contributed by atoms with Crippen LogP contribution >= 0.6 is 23.2 Å². The molecule has 0 amide bonds. The molecular formula is C17H17Cl2N3O. The summed E-state index contributed by atoms with van der Waals surface area (Å²) < 4.78 is 0. The maximum Gasteiger partial charge on any atom is 0.179 e. The first-order chi connectivity index (χ1) is 11.1. The summed E-state index contributed by atoms with van der Waals surface area (Å²) in [5, 5.41) is 1.37. The third-order valence-corrected chi connectivity index (χ3v) is 5.14. The van der Waals surface area contributed by atoms with E-state index in [1.165, 1.54) is 12.4 Å². The van der Waals surface area contributed by atoms with E-state index in [0.717, 1.165) is 24.8 Å². The summed E-state index contributed by atoms with van der Waals surface area (Å²) in [4.78, 5) is 20.2. The molecule has 1 aliphatic carbocycles. The SMILES string of the molecule is NCC(=O)c1cnc(CC2(c3c(Cl)cccc3Cl)CCC2)nc1. The van der Waals surface area contributed by atoms with Crippen molar-refractivity contribution in [1.29, 1.82) is 0 Å². The molecule has 1 aromatic carbocycles. The van der Waals surface area contributed by atoms with E-state index < -0.39 is 0 Å². The van der Waals surface area contributed by atoms with Gasteiger partial charge in [-0.1, -0.05) is 35.7 Å². The lowest BCUT2D eigenvalue weighted by atomic mass is 9.62. The number of ketones is 1. The number of nitrogens with zero attached hydrogens (tertiary/aromatic N) is 2. The Labute approximate surface area is 145 Å². The minimum absolute atomic E-state index is 0.0398. The molecule has 0 aliphatic heterocycles. The number of hydrogen-bond acceptors (Lipinski definition) is 4. The molecule has 0 radical (unpaired) electrons. The normalized spacial score (nSPS) is 16.0.